The van der Waals surface area contributed by atoms with Crippen LogP contribution in [0.2, 0.25) is 0 Å². The molecule has 0 radical (unpaired) electrons. The highest BCUT2D eigenvalue weighted by atomic mass is 35.5. The number of nitrogens with zero attached hydrogens (tertiary/aromatic N) is 3. The van der Waals surface area contributed by atoms with Crippen LogP contribution in [0.1, 0.15) is 44.0 Å². The predicted molar refractivity (Wildman–Crippen MR) is 108 cm³/mol. The summed E-state index contributed by atoms with van der Waals surface area (Å²) in [5.41, 5.74) is 0.861. The molecule has 2 aromatic rings. The molecule has 1 aliphatic heterocycles. The number of ether oxygens (including phenoxy) is 1. The van der Waals surface area contributed by atoms with Crippen LogP contribution in [0.4, 0.5) is 5.95 Å². The van der Waals surface area contributed by atoms with Crippen LogP contribution < -0.4 is 15.4 Å². The Morgan fingerprint density at radius 2 is 2.04 bits per heavy atom. The number of carbonyl (C=O) groups is 1. The molecule has 1 aromatic carbocycles. The number of hydrogen-bond acceptors (Lipinski definition) is 5. The van der Waals surface area contributed by atoms with Crippen molar-refractivity contribution in [2.45, 2.75) is 45.1 Å². The molecule has 0 saturated carbocycles. The first-order valence-corrected chi connectivity index (χ1v) is 9.19. The fourth-order valence-corrected chi connectivity index (χ4v) is 3.13. The summed E-state index contributed by atoms with van der Waals surface area (Å²) in [6.45, 7) is 5.91. The van der Waals surface area contributed by atoms with Crippen LogP contribution in [0.5, 0.6) is 5.75 Å². The second-order valence-electron chi connectivity index (χ2n) is 6.94. The van der Waals surface area contributed by atoms with E-state index in [0.29, 0.717) is 11.9 Å². The summed E-state index contributed by atoms with van der Waals surface area (Å²) in [6.07, 6.45) is 2.35. The molecule has 148 valence electrons. The minimum atomic E-state index is -0.128. The molecular weight excluding hydrogens is 366 g/mol. The molecule has 0 atom stereocenters. The zero-order valence-corrected chi connectivity index (χ0v) is 16.9. The Bertz CT molecular complexity index is 756. The molecule has 2 N–H and O–H groups in total. The Hall–Kier alpha value is -2.12. The maximum Gasteiger partial charge on any atom is 0.231 e. The van der Waals surface area contributed by atoms with Gasteiger partial charge >= 0.3 is 0 Å². The summed E-state index contributed by atoms with van der Waals surface area (Å²) in [7, 11) is 1.81. The number of aryl methyl sites for hydroxylation is 1. The number of aromatic nitrogens is 3. The van der Waals surface area contributed by atoms with Crippen LogP contribution >= 0.6 is 12.4 Å². The van der Waals surface area contributed by atoms with Gasteiger partial charge in [-0.1, -0.05) is 18.2 Å². The fraction of sp³-hybridized carbons (Fsp3) is 0.526. The third kappa shape index (κ3) is 5.68. The summed E-state index contributed by atoms with van der Waals surface area (Å²) in [5, 5.41) is 10.7. The highest BCUT2D eigenvalue weighted by Gasteiger charge is 2.21. The Balaban J connectivity index is 0.00000261. The maximum absolute atomic E-state index is 12.5. The van der Waals surface area contributed by atoms with E-state index in [0.717, 1.165) is 43.1 Å². The Labute approximate surface area is 166 Å². The standard InChI is InChI=1S/C19H27N5O2.ClH/c1-13(2)26-16-7-5-4-6-15(16)12-17(25)21-19-22-18(23-24(19)3)14-8-10-20-11-9-14;/h4-7,13-14,20H,8-12H2,1-3H3,(H,21,22,23,25);1H. The first-order chi connectivity index (χ1) is 12.5. The highest BCUT2D eigenvalue weighted by molar-refractivity contribution is 5.91. The average molecular weight is 394 g/mol. The van der Waals surface area contributed by atoms with E-state index in [4.69, 9.17) is 4.74 Å². The minimum absolute atomic E-state index is 0. The number of amides is 1. The zero-order chi connectivity index (χ0) is 18.5. The topological polar surface area (TPSA) is 81.1 Å². The van der Waals surface area contributed by atoms with Crippen LogP contribution in [-0.4, -0.2) is 39.9 Å². The molecule has 2 heterocycles. The lowest BCUT2D eigenvalue weighted by molar-refractivity contribution is -0.115. The van der Waals surface area contributed by atoms with Gasteiger partial charge in [0.15, 0.2) is 5.82 Å². The second-order valence-corrected chi connectivity index (χ2v) is 6.94. The molecule has 3 rings (SSSR count). The summed E-state index contributed by atoms with van der Waals surface area (Å²) in [5.74, 6) is 2.27. The number of rotatable bonds is 6. The molecular formula is C19H28ClN5O2. The Morgan fingerprint density at radius 1 is 1.33 bits per heavy atom. The first-order valence-electron chi connectivity index (χ1n) is 9.19. The molecule has 8 heteroatoms. The van der Waals surface area contributed by atoms with Crippen molar-refractivity contribution in [1.29, 1.82) is 0 Å². The molecule has 1 fully saturated rings. The van der Waals surface area contributed by atoms with Crippen molar-refractivity contribution in [1.82, 2.24) is 20.1 Å². The highest BCUT2D eigenvalue weighted by Crippen LogP contribution is 2.24. The van der Waals surface area contributed by atoms with Crippen LogP contribution in [0.15, 0.2) is 24.3 Å². The van der Waals surface area contributed by atoms with E-state index in [1.165, 1.54) is 0 Å². The SMILES string of the molecule is CC(C)Oc1ccccc1CC(=O)Nc1nc(C2CCNCC2)nn1C.Cl. The lowest BCUT2D eigenvalue weighted by atomic mass is 9.98. The number of nitrogens with one attached hydrogen (secondary N) is 2. The van der Waals surface area contributed by atoms with Gasteiger partial charge in [0.1, 0.15) is 5.75 Å². The summed E-state index contributed by atoms with van der Waals surface area (Å²) in [6, 6.07) is 7.62. The van der Waals surface area contributed by atoms with Gasteiger partial charge in [-0.25, -0.2) is 4.68 Å². The van der Waals surface area contributed by atoms with Crippen molar-refractivity contribution in [2.75, 3.05) is 18.4 Å². The van der Waals surface area contributed by atoms with Gasteiger partial charge in [0.05, 0.1) is 12.5 Å². The minimum Gasteiger partial charge on any atom is -0.491 e. The Kier molecular flexibility index (Phi) is 7.62. The number of halogens is 1. The van der Waals surface area contributed by atoms with Gasteiger partial charge in [-0.05, 0) is 45.8 Å². The third-order valence-electron chi connectivity index (χ3n) is 4.42. The van der Waals surface area contributed by atoms with E-state index in [2.05, 4.69) is 20.7 Å². The maximum atomic E-state index is 12.5. The lowest BCUT2D eigenvalue weighted by Gasteiger charge is -2.19. The number of piperidine rings is 1. The van der Waals surface area contributed by atoms with Crippen molar-refractivity contribution in [2.24, 2.45) is 7.05 Å². The van der Waals surface area contributed by atoms with Gasteiger partial charge in [0, 0.05) is 18.5 Å². The molecule has 0 unspecified atom stereocenters. The van der Waals surface area contributed by atoms with E-state index in [-0.39, 0.29) is 30.8 Å². The smallest absolute Gasteiger partial charge is 0.231 e. The van der Waals surface area contributed by atoms with E-state index in [9.17, 15) is 4.79 Å². The van der Waals surface area contributed by atoms with E-state index < -0.39 is 0 Å². The average Bonchev–Trinajstić information content (AvgIpc) is 2.97. The van der Waals surface area contributed by atoms with Crippen LogP contribution in [-0.2, 0) is 18.3 Å². The van der Waals surface area contributed by atoms with Gasteiger partial charge in [0.2, 0.25) is 11.9 Å². The first kappa shape index (κ1) is 21.2. The third-order valence-corrected chi connectivity index (χ3v) is 4.42. The molecule has 1 aliphatic rings. The number of benzene rings is 1. The summed E-state index contributed by atoms with van der Waals surface area (Å²) >= 11 is 0. The van der Waals surface area contributed by atoms with Crippen LogP contribution in [0.25, 0.3) is 0 Å². The van der Waals surface area contributed by atoms with Gasteiger partial charge in [-0.3, -0.25) is 10.1 Å². The molecule has 7 nitrogen and oxygen atoms in total. The number of hydrogen-bond donors (Lipinski definition) is 2. The van der Waals surface area contributed by atoms with Crippen LogP contribution in [0.3, 0.4) is 0 Å². The molecule has 1 amide bonds. The molecule has 27 heavy (non-hydrogen) atoms. The van der Waals surface area contributed by atoms with Gasteiger partial charge < -0.3 is 10.1 Å². The van der Waals surface area contributed by atoms with E-state index in [1.807, 2.05) is 45.2 Å². The van der Waals surface area contributed by atoms with Gasteiger partial charge in [-0.2, -0.15) is 10.1 Å². The number of carbonyl (C=O) groups excluding carboxylic acids is 1. The molecule has 0 bridgehead atoms. The van der Waals surface area contributed by atoms with E-state index >= 15 is 0 Å². The quantitative estimate of drug-likeness (QED) is 0.788. The molecule has 1 aromatic heterocycles. The normalized spacial score (nSPS) is 14.7. The summed E-state index contributed by atoms with van der Waals surface area (Å²) < 4.78 is 7.43. The van der Waals surface area contributed by atoms with Gasteiger partial charge in [-0.15, -0.1) is 12.4 Å². The van der Waals surface area contributed by atoms with Crippen molar-refractivity contribution < 1.29 is 9.53 Å². The molecule has 0 aliphatic carbocycles. The second kappa shape index (κ2) is 9.71. The van der Waals surface area contributed by atoms with Crippen molar-refractivity contribution in [3.05, 3.63) is 35.7 Å². The van der Waals surface area contributed by atoms with Crippen LogP contribution in [0, 0.1) is 0 Å². The van der Waals surface area contributed by atoms with Crippen molar-refractivity contribution >= 4 is 24.3 Å². The summed E-state index contributed by atoms with van der Waals surface area (Å²) in [4.78, 5) is 17.0. The van der Waals surface area contributed by atoms with Crippen molar-refractivity contribution in [3.63, 3.8) is 0 Å². The monoisotopic (exact) mass is 393 g/mol. The molecule has 1 saturated heterocycles. The molecule has 0 spiro atoms. The largest absolute Gasteiger partial charge is 0.491 e. The Morgan fingerprint density at radius 3 is 2.74 bits per heavy atom. The zero-order valence-electron chi connectivity index (χ0n) is 16.1. The lowest BCUT2D eigenvalue weighted by Crippen LogP contribution is -2.27. The van der Waals surface area contributed by atoms with Gasteiger partial charge in [0.25, 0.3) is 0 Å². The number of para-hydroxylation sites is 1. The fourth-order valence-electron chi connectivity index (χ4n) is 3.13. The van der Waals surface area contributed by atoms with Crippen molar-refractivity contribution in [3.8, 4) is 5.75 Å². The number of anilines is 1. The van der Waals surface area contributed by atoms with E-state index in [1.54, 1.807) is 4.68 Å². The predicted octanol–water partition coefficient (Wildman–Crippen LogP) is 2.67.